The molecular weight excluding hydrogens is 392 g/mol. The molecule has 1 aromatic rings. The molecule has 0 radical (unpaired) electrons. The predicted octanol–water partition coefficient (Wildman–Crippen LogP) is 2.93. The zero-order chi connectivity index (χ0) is 22.1. The van der Waals surface area contributed by atoms with Crippen molar-refractivity contribution < 1.29 is 19.1 Å². The van der Waals surface area contributed by atoms with Crippen molar-refractivity contribution in [2.45, 2.75) is 50.3 Å². The topological polar surface area (TPSA) is 76.7 Å². The van der Waals surface area contributed by atoms with Crippen LogP contribution in [0.1, 0.15) is 38.2 Å². The van der Waals surface area contributed by atoms with E-state index < -0.39 is 16.7 Å². The third-order valence-corrected chi connectivity index (χ3v) is 7.15. The molecule has 2 heterocycles. The molecule has 166 valence electrons. The normalized spacial score (nSPS) is 32.2. The Labute approximate surface area is 184 Å². The van der Waals surface area contributed by atoms with Gasteiger partial charge in [-0.15, -0.1) is 0 Å². The van der Waals surface area contributed by atoms with E-state index in [1.54, 1.807) is 19.3 Å². The van der Waals surface area contributed by atoms with Crippen molar-refractivity contribution in [3.63, 3.8) is 0 Å². The van der Waals surface area contributed by atoms with Gasteiger partial charge in [-0.25, -0.2) is 0 Å². The van der Waals surface area contributed by atoms with Crippen LogP contribution >= 0.6 is 0 Å². The SMILES string of the molecule is CN[C@]12CC3(C=CC(=O)C=C3)CO[C@@]1(Cc1ccc(OC)cc1)CCC(C)CC(=O)N2. The lowest BCUT2D eigenvalue weighted by Crippen LogP contribution is -2.77. The first-order chi connectivity index (χ1) is 14.8. The Morgan fingerprint density at radius 1 is 1.19 bits per heavy atom. The van der Waals surface area contributed by atoms with Gasteiger partial charge >= 0.3 is 0 Å². The summed E-state index contributed by atoms with van der Waals surface area (Å²) in [7, 11) is 3.54. The van der Waals surface area contributed by atoms with Crippen LogP contribution < -0.4 is 15.4 Å². The van der Waals surface area contributed by atoms with Crippen molar-refractivity contribution in [2.75, 3.05) is 20.8 Å². The van der Waals surface area contributed by atoms with E-state index in [9.17, 15) is 9.59 Å². The Morgan fingerprint density at radius 2 is 1.90 bits per heavy atom. The molecule has 2 fully saturated rings. The number of amides is 1. The Balaban J connectivity index is 1.75. The van der Waals surface area contributed by atoms with Crippen LogP contribution in [0.2, 0.25) is 0 Å². The highest BCUT2D eigenvalue weighted by molar-refractivity contribution is 6.00. The molecule has 3 aliphatic rings. The molecule has 2 N–H and O–H groups in total. The number of ketones is 1. The molecule has 2 saturated heterocycles. The maximum Gasteiger partial charge on any atom is 0.221 e. The van der Waals surface area contributed by atoms with Crippen LogP contribution in [0.15, 0.2) is 48.6 Å². The van der Waals surface area contributed by atoms with Crippen molar-refractivity contribution in [3.8, 4) is 5.75 Å². The molecular formula is C25H32N2O4. The highest BCUT2D eigenvalue weighted by Gasteiger charge is 2.59. The van der Waals surface area contributed by atoms with Crippen molar-refractivity contribution in [1.29, 1.82) is 0 Å². The van der Waals surface area contributed by atoms with Crippen LogP contribution in [-0.4, -0.2) is 43.7 Å². The van der Waals surface area contributed by atoms with Gasteiger partial charge in [0.05, 0.1) is 13.7 Å². The second-order valence-electron chi connectivity index (χ2n) is 9.34. The van der Waals surface area contributed by atoms with E-state index in [1.807, 2.05) is 31.3 Å². The van der Waals surface area contributed by atoms with Crippen LogP contribution in [0.5, 0.6) is 5.75 Å². The highest BCUT2D eigenvalue weighted by atomic mass is 16.5. The number of rotatable bonds is 4. The number of fused-ring (bicyclic) bond motifs is 1. The van der Waals surface area contributed by atoms with Gasteiger partial charge in [0, 0.05) is 24.7 Å². The zero-order valence-corrected chi connectivity index (χ0v) is 18.6. The average molecular weight is 425 g/mol. The minimum atomic E-state index is -0.766. The molecule has 1 aliphatic carbocycles. The Bertz CT molecular complexity index is 891. The fourth-order valence-corrected chi connectivity index (χ4v) is 5.30. The van der Waals surface area contributed by atoms with Gasteiger partial charge in [-0.1, -0.05) is 31.2 Å². The first-order valence-corrected chi connectivity index (χ1v) is 11.0. The van der Waals surface area contributed by atoms with Crippen molar-refractivity contribution >= 4 is 11.7 Å². The van der Waals surface area contributed by atoms with E-state index in [2.05, 4.69) is 29.7 Å². The molecule has 6 heteroatoms. The quantitative estimate of drug-likeness (QED) is 0.777. The Kier molecular flexibility index (Phi) is 5.79. The zero-order valence-electron chi connectivity index (χ0n) is 18.6. The summed E-state index contributed by atoms with van der Waals surface area (Å²) in [5.74, 6) is 1.11. The number of likely N-dealkylation sites (N-methyl/N-ethyl adjacent to an activating group) is 1. The molecule has 31 heavy (non-hydrogen) atoms. The largest absolute Gasteiger partial charge is 0.497 e. The fourth-order valence-electron chi connectivity index (χ4n) is 5.30. The van der Waals surface area contributed by atoms with Gasteiger partial charge in [-0.05, 0) is 55.7 Å². The predicted molar refractivity (Wildman–Crippen MR) is 119 cm³/mol. The van der Waals surface area contributed by atoms with Crippen LogP contribution in [-0.2, 0) is 20.7 Å². The van der Waals surface area contributed by atoms with E-state index in [-0.39, 0.29) is 17.6 Å². The minimum Gasteiger partial charge on any atom is -0.497 e. The van der Waals surface area contributed by atoms with Crippen LogP contribution in [0, 0.1) is 11.3 Å². The number of hydrogen-bond acceptors (Lipinski definition) is 5. The van der Waals surface area contributed by atoms with Crippen molar-refractivity contribution in [2.24, 2.45) is 11.3 Å². The minimum absolute atomic E-state index is 0.0188. The van der Waals surface area contributed by atoms with Gasteiger partial charge in [0.15, 0.2) is 5.78 Å². The lowest BCUT2D eigenvalue weighted by Gasteiger charge is -2.59. The van der Waals surface area contributed by atoms with Gasteiger partial charge in [0.2, 0.25) is 5.91 Å². The van der Waals surface area contributed by atoms with Crippen molar-refractivity contribution in [3.05, 3.63) is 54.1 Å². The fraction of sp³-hybridized carbons (Fsp3) is 0.520. The van der Waals surface area contributed by atoms with Gasteiger partial charge in [0.25, 0.3) is 0 Å². The van der Waals surface area contributed by atoms with Crippen molar-refractivity contribution in [1.82, 2.24) is 10.6 Å². The van der Waals surface area contributed by atoms with Gasteiger partial charge < -0.3 is 14.8 Å². The first-order valence-electron chi connectivity index (χ1n) is 11.0. The van der Waals surface area contributed by atoms with Crippen LogP contribution in [0.3, 0.4) is 0 Å². The molecule has 4 rings (SSSR count). The summed E-state index contributed by atoms with van der Waals surface area (Å²) in [6, 6.07) is 8.04. The van der Waals surface area contributed by atoms with Crippen LogP contribution in [0.4, 0.5) is 0 Å². The molecule has 6 nitrogen and oxygen atoms in total. The summed E-state index contributed by atoms with van der Waals surface area (Å²) in [6.45, 7) is 2.59. The van der Waals surface area contributed by atoms with Gasteiger partial charge in [-0.3, -0.25) is 14.9 Å². The monoisotopic (exact) mass is 424 g/mol. The maximum absolute atomic E-state index is 13.0. The van der Waals surface area contributed by atoms with E-state index in [4.69, 9.17) is 9.47 Å². The molecule has 1 aromatic carbocycles. The molecule has 1 spiro atoms. The lowest BCUT2D eigenvalue weighted by atomic mass is 9.64. The number of hydrogen-bond donors (Lipinski definition) is 2. The van der Waals surface area contributed by atoms with E-state index in [0.717, 1.165) is 24.2 Å². The summed E-state index contributed by atoms with van der Waals surface area (Å²) in [5.41, 5.74) is -0.686. The highest BCUT2D eigenvalue weighted by Crippen LogP contribution is 2.49. The van der Waals surface area contributed by atoms with E-state index >= 15 is 0 Å². The number of carbonyl (C=O) groups is 2. The third kappa shape index (κ3) is 4.06. The average Bonchev–Trinajstić information content (AvgIpc) is 2.76. The third-order valence-electron chi connectivity index (χ3n) is 7.15. The second-order valence-corrected chi connectivity index (χ2v) is 9.34. The standard InChI is InChI=1S/C25H32N2O4/c1-18-8-13-24(15-19-4-6-21(30-3)7-5-19)25(26-2,27-22(29)14-18)16-23(17-31-24)11-9-20(28)10-12-23/h4-7,9-12,18,26H,8,13-17H2,1-3H3,(H,27,29)/t18?,24-,25+/m1/s1. The molecule has 1 amide bonds. The summed E-state index contributed by atoms with van der Waals surface area (Å²) >= 11 is 0. The second kappa shape index (κ2) is 8.24. The number of ether oxygens (including phenoxy) is 2. The number of nitrogens with one attached hydrogen (secondary N) is 2. The number of carbonyl (C=O) groups excluding carboxylic acids is 2. The summed E-state index contributed by atoms with van der Waals surface area (Å²) in [5, 5.41) is 6.79. The lowest BCUT2D eigenvalue weighted by molar-refractivity contribution is -0.192. The smallest absolute Gasteiger partial charge is 0.221 e. The Hall–Kier alpha value is -2.44. The maximum atomic E-state index is 13.0. The molecule has 0 saturated carbocycles. The molecule has 3 atom stereocenters. The summed E-state index contributed by atoms with van der Waals surface area (Å²) in [4.78, 5) is 24.7. The molecule has 0 bridgehead atoms. The Morgan fingerprint density at radius 3 is 2.55 bits per heavy atom. The molecule has 2 aliphatic heterocycles. The number of methoxy groups -OCH3 is 1. The molecule has 1 unspecified atom stereocenters. The van der Waals surface area contributed by atoms with Crippen LogP contribution in [0.25, 0.3) is 0 Å². The molecule has 0 aromatic heterocycles. The number of benzene rings is 1. The summed E-state index contributed by atoms with van der Waals surface area (Å²) < 4.78 is 12.1. The number of allylic oxidation sites excluding steroid dienone is 2. The summed E-state index contributed by atoms with van der Waals surface area (Å²) in [6.07, 6.45) is 10.6. The van der Waals surface area contributed by atoms with Gasteiger partial charge in [0.1, 0.15) is 17.0 Å². The van der Waals surface area contributed by atoms with E-state index in [1.165, 1.54) is 0 Å². The first kappa shape index (κ1) is 21.8. The van der Waals surface area contributed by atoms with E-state index in [0.29, 0.717) is 25.9 Å². The van der Waals surface area contributed by atoms with Gasteiger partial charge in [-0.2, -0.15) is 0 Å².